The third kappa shape index (κ3) is 2.32. The number of thiazole rings is 1. The van der Waals surface area contributed by atoms with Crippen LogP contribution in [0.5, 0.6) is 0 Å². The average molecular weight is 194 g/mol. The highest BCUT2D eigenvalue weighted by molar-refractivity contribution is 7.13. The Hall–Kier alpha value is -1.29. The lowest BCUT2D eigenvalue weighted by Crippen LogP contribution is -2.03. The van der Waals surface area contributed by atoms with Crippen LogP contribution in [0.2, 0.25) is 0 Å². The number of anilines is 1. The fourth-order valence-electron chi connectivity index (χ4n) is 1.06. The Labute approximate surface area is 80.4 Å². The Morgan fingerprint density at radius 3 is 3.23 bits per heavy atom. The van der Waals surface area contributed by atoms with E-state index in [0.717, 1.165) is 18.1 Å². The molecule has 3 nitrogen and oxygen atoms in total. The van der Waals surface area contributed by atoms with E-state index in [1.54, 1.807) is 30.1 Å². The lowest BCUT2D eigenvalue weighted by atomic mass is 10.2. The fourth-order valence-corrected chi connectivity index (χ4v) is 1.62. The van der Waals surface area contributed by atoms with Crippen LogP contribution in [0.1, 0.15) is 5.56 Å². The van der Waals surface area contributed by atoms with Gasteiger partial charge in [-0.25, -0.2) is 4.98 Å². The molecule has 13 heavy (non-hydrogen) atoms. The molecule has 0 spiro atoms. The van der Waals surface area contributed by atoms with Gasteiger partial charge >= 0.3 is 0 Å². The summed E-state index contributed by atoms with van der Waals surface area (Å²) in [6.45, 7) is 0.896. The van der Waals surface area contributed by atoms with Crippen LogP contribution in [0.25, 0.3) is 0 Å². The second kappa shape index (κ2) is 4.09. The maximum Gasteiger partial charge on any atom is 0.182 e. The lowest BCUT2D eigenvalue weighted by Gasteiger charge is -1.99. The van der Waals surface area contributed by atoms with Crippen molar-refractivity contribution in [3.05, 3.63) is 35.7 Å². The number of hydrogen-bond donors (Lipinski definition) is 1. The van der Waals surface area contributed by atoms with E-state index < -0.39 is 0 Å². The Bertz CT molecular complexity index is 294. The van der Waals surface area contributed by atoms with Crippen molar-refractivity contribution in [3.8, 4) is 0 Å². The van der Waals surface area contributed by atoms with Crippen molar-refractivity contribution in [3.63, 3.8) is 0 Å². The van der Waals surface area contributed by atoms with Crippen molar-refractivity contribution in [2.24, 2.45) is 0 Å². The van der Waals surface area contributed by atoms with Crippen LogP contribution in [0.15, 0.2) is 34.6 Å². The molecule has 0 aromatic carbocycles. The summed E-state index contributed by atoms with van der Waals surface area (Å²) >= 11 is 1.61. The first kappa shape index (κ1) is 8.31. The summed E-state index contributed by atoms with van der Waals surface area (Å²) in [5.74, 6) is 0. The smallest absolute Gasteiger partial charge is 0.182 e. The van der Waals surface area contributed by atoms with Crippen LogP contribution >= 0.6 is 11.3 Å². The van der Waals surface area contributed by atoms with Crippen molar-refractivity contribution in [2.75, 3.05) is 11.9 Å². The third-order valence-corrected chi connectivity index (χ3v) is 2.43. The molecular formula is C9H10N2OS. The normalized spacial score (nSPS) is 10.2. The Kier molecular flexibility index (Phi) is 2.62. The topological polar surface area (TPSA) is 38.1 Å². The van der Waals surface area contributed by atoms with Crippen LogP contribution in [0.4, 0.5) is 5.13 Å². The van der Waals surface area contributed by atoms with E-state index in [9.17, 15) is 0 Å². The molecular weight excluding hydrogens is 184 g/mol. The number of nitrogens with one attached hydrogen (secondary N) is 1. The summed E-state index contributed by atoms with van der Waals surface area (Å²) in [6, 6.07) is 1.98. The van der Waals surface area contributed by atoms with Gasteiger partial charge in [0.2, 0.25) is 0 Å². The van der Waals surface area contributed by atoms with Gasteiger partial charge < -0.3 is 9.73 Å². The van der Waals surface area contributed by atoms with Gasteiger partial charge in [-0.1, -0.05) is 0 Å². The summed E-state index contributed by atoms with van der Waals surface area (Å²) in [4.78, 5) is 4.12. The maximum atomic E-state index is 4.96. The molecule has 0 aliphatic rings. The van der Waals surface area contributed by atoms with E-state index in [0.29, 0.717) is 0 Å². The lowest BCUT2D eigenvalue weighted by molar-refractivity contribution is 0.564. The molecule has 0 amide bonds. The minimum Gasteiger partial charge on any atom is -0.472 e. The molecule has 0 radical (unpaired) electrons. The Morgan fingerprint density at radius 2 is 2.54 bits per heavy atom. The van der Waals surface area contributed by atoms with E-state index in [-0.39, 0.29) is 0 Å². The zero-order chi connectivity index (χ0) is 8.93. The van der Waals surface area contributed by atoms with Crippen molar-refractivity contribution in [1.82, 2.24) is 4.98 Å². The van der Waals surface area contributed by atoms with Crippen LogP contribution in [0, 0.1) is 0 Å². The second-order valence-corrected chi connectivity index (χ2v) is 3.54. The fraction of sp³-hybridized carbons (Fsp3) is 0.222. The minimum absolute atomic E-state index is 0.896. The number of nitrogens with zero attached hydrogens (tertiary/aromatic N) is 1. The number of hydrogen-bond acceptors (Lipinski definition) is 4. The molecule has 0 saturated heterocycles. The van der Waals surface area contributed by atoms with Crippen LogP contribution < -0.4 is 5.32 Å². The summed E-state index contributed by atoms with van der Waals surface area (Å²) in [5, 5.41) is 6.16. The first-order valence-corrected chi connectivity index (χ1v) is 4.97. The third-order valence-electron chi connectivity index (χ3n) is 1.70. The molecule has 2 aromatic rings. The van der Waals surface area contributed by atoms with Crippen molar-refractivity contribution >= 4 is 16.5 Å². The maximum absolute atomic E-state index is 4.96. The molecule has 0 atom stereocenters. The van der Waals surface area contributed by atoms with Crippen molar-refractivity contribution in [1.29, 1.82) is 0 Å². The highest BCUT2D eigenvalue weighted by Crippen LogP contribution is 2.10. The molecule has 0 aliphatic heterocycles. The quantitative estimate of drug-likeness (QED) is 0.812. The van der Waals surface area contributed by atoms with Gasteiger partial charge in [-0.3, -0.25) is 0 Å². The highest BCUT2D eigenvalue weighted by Gasteiger charge is 1.95. The highest BCUT2D eigenvalue weighted by atomic mass is 32.1. The Morgan fingerprint density at radius 1 is 1.54 bits per heavy atom. The first-order chi connectivity index (χ1) is 6.45. The van der Waals surface area contributed by atoms with Gasteiger partial charge in [-0.2, -0.15) is 0 Å². The number of aromatic nitrogens is 1. The molecule has 2 heterocycles. The van der Waals surface area contributed by atoms with E-state index in [2.05, 4.69) is 10.3 Å². The molecule has 2 aromatic heterocycles. The van der Waals surface area contributed by atoms with Gasteiger partial charge in [0.1, 0.15) is 0 Å². The van der Waals surface area contributed by atoms with Crippen LogP contribution in [-0.2, 0) is 6.42 Å². The molecule has 0 fully saturated rings. The molecule has 4 heteroatoms. The van der Waals surface area contributed by atoms with Gasteiger partial charge in [0.25, 0.3) is 0 Å². The first-order valence-electron chi connectivity index (χ1n) is 4.09. The van der Waals surface area contributed by atoms with Gasteiger partial charge in [-0.15, -0.1) is 11.3 Å². The minimum atomic E-state index is 0.896. The molecule has 0 saturated carbocycles. The second-order valence-electron chi connectivity index (χ2n) is 2.65. The predicted molar refractivity (Wildman–Crippen MR) is 53.0 cm³/mol. The molecule has 2 rings (SSSR count). The van der Waals surface area contributed by atoms with E-state index in [4.69, 9.17) is 4.42 Å². The molecule has 68 valence electrons. The zero-order valence-electron chi connectivity index (χ0n) is 7.06. The van der Waals surface area contributed by atoms with Crippen LogP contribution in [-0.4, -0.2) is 11.5 Å². The summed E-state index contributed by atoms with van der Waals surface area (Å²) in [5.41, 5.74) is 1.21. The summed E-state index contributed by atoms with van der Waals surface area (Å²) < 4.78 is 4.96. The summed E-state index contributed by atoms with van der Waals surface area (Å²) in [7, 11) is 0. The van der Waals surface area contributed by atoms with Gasteiger partial charge in [-0.05, 0) is 18.1 Å². The van der Waals surface area contributed by atoms with Crippen LogP contribution in [0.3, 0.4) is 0 Å². The summed E-state index contributed by atoms with van der Waals surface area (Å²) in [6.07, 6.45) is 6.23. The monoisotopic (exact) mass is 194 g/mol. The Balaban J connectivity index is 1.76. The number of furan rings is 1. The van der Waals surface area contributed by atoms with Crippen molar-refractivity contribution < 1.29 is 4.42 Å². The standard InChI is InChI=1S/C9H10N2OS/c1(8-2-5-12-7-8)3-10-9-11-4-6-13-9/h2,4-7H,1,3H2,(H,10,11). The van der Waals surface area contributed by atoms with E-state index >= 15 is 0 Å². The van der Waals surface area contributed by atoms with Gasteiger partial charge in [0.05, 0.1) is 12.5 Å². The largest absolute Gasteiger partial charge is 0.472 e. The average Bonchev–Trinajstić information content (AvgIpc) is 2.75. The van der Waals surface area contributed by atoms with E-state index in [1.165, 1.54) is 5.56 Å². The van der Waals surface area contributed by atoms with Crippen molar-refractivity contribution in [2.45, 2.75) is 6.42 Å². The molecule has 0 aliphatic carbocycles. The predicted octanol–water partition coefficient (Wildman–Crippen LogP) is 2.39. The molecule has 1 N–H and O–H groups in total. The molecule has 0 unspecified atom stereocenters. The number of rotatable bonds is 4. The SMILES string of the molecule is c1csc(NCCc2ccoc2)n1. The zero-order valence-corrected chi connectivity index (χ0v) is 7.88. The molecule has 0 bridgehead atoms. The van der Waals surface area contributed by atoms with E-state index in [1.807, 2.05) is 11.4 Å². The van der Waals surface area contributed by atoms with Gasteiger partial charge in [0, 0.05) is 18.1 Å². The van der Waals surface area contributed by atoms with Gasteiger partial charge in [0.15, 0.2) is 5.13 Å².